The van der Waals surface area contributed by atoms with Crippen LogP contribution in [0, 0.1) is 13.8 Å². The molecule has 18 heavy (non-hydrogen) atoms. The average molecular weight is 264 g/mol. The molecule has 0 saturated carbocycles. The number of aromatic nitrogens is 2. The predicted octanol–water partition coefficient (Wildman–Crippen LogP) is 1.96. The Labute approximate surface area is 110 Å². The maximum absolute atomic E-state index is 11.6. The molecule has 0 amide bonds. The first kappa shape index (κ1) is 12.8. The molecule has 1 heterocycles. The minimum atomic E-state index is -0.127. The average Bonchev–Trinajstić information content (AvgIpc) is 2.30. The second-order valence-corrected chi connectivity index (χ2v) is 4.58. The Kier molecular flexibility index (Phi) is 3.50. The number of hydrogen-bond acceptors (Lipinski definition) is 3. The third-order valence-corrected chi connectivity index (χ3v) is 2.99. The van der Waals surface area contributed by atoms with E-state index < -0.39 is 0 Å². The first-order chi connectivity index (χ1) is 8.52. The van der Waals surface area contributed by atoms with Crippen LogP contribution in [0.1, 0.15) is 17.0 Å². The lowest BCUT2D eigenvalue weighted by Gasteiger charge is -2.13. The van der Waals surface area contributed by atoms with Crippen molar-refractivity contribution in [3.63, 3.8) is 0 Å². The molecule has 94 valence electrons. The minimum Gasteiger partial charge on any atom is -0.325 e. The van der Waals surface area contributed by atoms with Crippen molar-refractivity contribution in [3.8, 4) is 5.69 Å². The largest absolute Gasteiger partial charge is 0.325 e. The zero-order valence-electron chi connectivity index (χ0n) is 10.3. The van der Waals surface area contributed by atoms with Crippen molar-refractivity contribution in [2.45, 2.75) is 20.4 Å². The minimum absolute atomic E-state index is 0.127. The number of nitrogens with zero attached hydrogens (tertiary/aromatic N) is 2. The summed E-state index contributed by atoms with van der Waals surface area (Å²) < 4.78 is 1.72. The van der Waals surface area contributed by atoms with Gasteiger partial charge in [-0.2, -0.15) is 5.10 Å². The van der Waals surface area contributed by atoms with Gasteiger partial charge in [0.25, 0.3) is 0 Å². The Balaban J connectivity index is 2.67. The van der Waals surface area contributed by atoms with Gasteiger partial charge in [0.15, 0.2) is 0 Å². The van der Waals surface area contributed by atoms with Crippen LogP contribution >= 0.6 is 11.6 Å². The van der Waals surface area contributed by atoms with Crippen LogP contribution in [0.25, 0.3) is 5.69 Å². The molecule has 2 rings (SSSR count). The van der Waals surface area contributed by atoms with Gasteiger partial charge in [-0.1, -0.05) is 11.6 Å². The van der Waals surface area contributed by atoms with Crippen LogP contribution in [0.5, 0.6) is 0 Å². The van der Waals surface area contributed by atoms with Crippen LogP contribution in [-0.4, -0.2) is 9.78 Å². The molecule has 2 N–H and O–H groups in total. The first-order valence-electron chi connectivity index (χ1n) is 5.59. The van der Waals surface area contributed by atoms with Crippen LogP contribution < -0.4 is 11.2 Å². The lowest BCUT2D eigenvalue weighted by atomic mass is 10.2. The van der Waals surface area contributed by atoms with E-state index in [1.807, 2.05) is 26.0 Å². The number of hydrogen-bond donors (Lipinski definition) is 1. The van der Waals surface area contributed by atoms with Gasteiger partial charge in [0.2, 0.25) is 5.43 Å². The van der Waals surface area contributed by atoms with Crippen LogP contribution in [0.4, 0.5) is 0 Å². The summed E-state index contributed by atoms with van der Waals surface area (Å²) in [7, 11) is 0. The molecule has 0 radical (unpaired) electrons. The Hall–Kier alpha value is -1.65. The Bertz CT molecular complexity index is 649. The molecule has 5 heteroatoms. The van der Waals surface area contributed by atoms with Crippen molar-refractivity contribution >= 4 is 11.6 Å². The lowest BCUT2D eigenvalue weighted by molar-refractivity contribution is 0.747. The summed E-state index contributed by atoms with van der Waals surface area (Å²) in [6, 6.07) is 7.08. The van der Waals surface area contributed by atoms with Crippen LogP contribution in [0.2, 0.25) is 5.02 Å². The smallest absolute Gasteiger partial charge is 0.204 e. The zero-order valence-corrected chi connectivity index (χ0v) is 11.0. The third-order valence-electron chi connectivity index (χ3n) is 2.76. The van der Waals surface area contributed by atoms with Crippen LogP contribution in [0.15, 0.2) is 29.1 Å². The summed E-state index contributed by atoms with van der Waals surface area (Å²) in [6.45, 7) is 3.91. The molecule has 1 aromatic carbocycles. The second-order valence-electron chi connectivity index (χ2n) is 4.14. The van der Waals surface area contributed by atoms with Gasteiger partial charge in [0.1, 0.15) is 5.69 Å². The summed E-state index contributed by atoms with van der Waals surface area (Å²) in [5, 5.41) is 4.96. The van der Waals surface area contributed by atoms with Crippen molar-refractivity contribution in [2.24, 2.45) is 5.73 Å². The number of rotatable bonds is 2. The number of aryl methyl sites for hydroxylation is 2. The molecule has 4 nitrogen and oxygen atoms in total. The topological polar surface area (TPSA) is 60.9 Å². The highest BCUT2D eigenvalue weighted by Gasteiger charge is 2.08. The SMILES string of the molecule is Cc1cc(Cl)ccc1-n1nc(CN)c(=O)cc1C. The van der Waals surface area contributed by atoms with E-state index >= 15 is 0 Å². The van der Waals surface area contributed by atoms with E-state index in [1.54, 1.807) is 16.8 Å². The molecular weight excluding hydrogens is 250 g/mol. The fourth-order valence-corrected chi connectivity index (χ4v) is 2.05. The Morgan fingerprint density at radius 3 is 2.67 bits per heavy atom. The van der Waals surface area contributed by atoms with Gasteiger partial charge < -0.3 is 5.73 Å². The molecule has 0 aliphatic carbocycles. The monoisotopic (exact) mass is 263 g/mol. The van der Waals surface area contributed by atoms with Gasteiger partial charge in [-0.25, -0.2) is 4.68 Å². The second kappa shape index (κ2) is 4.92. The first-order valence-corrected chi connectivity index (χ1v) is 5.97. The van der Waals surface area contributed by atoms with Crippen LogP contribution in [0.3, 0.4) is 0 Å². The molecular formula is C13H14ClN3O. The van der Waals surface area contributed by atoms with Gasteiger partial charge in [-0.3, -0.25) is 4.79 Å². The molecule has 0 saturated heterocycles. The highest BCUT2D eigenvalue weighted by molar-refractivity contribution is 6.30. The molecule has 0 spiro atoms. The third kappa shape index (κ3) is 2.30. The molecule has 0 unspecified atom stereocenters. The van der Waals surface area contributed by atoms with E-state index in [-0.39, 0.29) is 12.0 Å². The summed E-state index contributed by atoms with van der Waals surface area (Å²) in [4.78, 5) is 11.6. The van der Waals surface area contributed by atoms with E-state index in [0.717, 1.165) is 16.9 Å². The maximum Gasteiger partial charge on any atom is 0.204 e. The summed E-state index contributed by atoms with van der Waals surface area (Å²) >= 11 is 5.93. The number of halogens is 1. The van der Waals surface area contributed by atoms with E-state index in [9.17, 15) is 4.79 Å². The molecule has 0 fully saturated rings. The van der Waals surface area contributed by atoms with Gasteiger partial charge in [-0.15, -0.1) is 0 Å². The van der Waals surface area contributed by atoms with Gasteiger partial charge in [0.05, 0.1) is 5.69 Å². The van der Waals surface area contributed by atoms with Crippen molar-refractivity contribution in [3.05, 3.63) is 56.5 Å². The quantitative estimate of drug-likeness (QED) is 0.901. The van der Waals surface area contributed by atoms with E-state index in [0.29, 0.717) is 10.7 Å². The molecule has 0 aliphatic heterocycles. The van der Waals surface area contributed by atoms with Crippen molar-refractivity contribution in [2.75, 3.05) is 0 Å². The van der Waals surface area contributed by atoms with E-state index in [2.05, 4.69) is 5.10 Å². The fourth-order valence-electron chi connectivity index (χ4n) is 1.82. The summed E-state index contributed by atoms with van der Waals surface area (Å²) in [5.74, 6) is 0. The van der Waals surface area contributed by atoms with Gasteiger partial charge in [-0.05, 0) is 37.6 Å². The number of nitrogens with two attached hydrogens (primary N) is 1. The van der Waals surface area contributed by atoms with Crippen molar-refractivity contribution < 1.29 is 0 Å². The molecule has 2 aromatic rings. The molecule has 0 bridgehead atoms. The van der Waals surface area contributed by atoms with Gasteiger partial charge >= 0.3 is 0 Å². The van der Waals surface area contributed by atoms with Crippen LogP contribution in [-0.2, 0) is 6.54 Å². The molecule has 0 aliphatic rings. The van der Waals surface area contributed by atoms with Crippen molar-refractivity contribution in [1.29, 1.82) is 0 Å². The summed E-state index contributed by atoms with van der Waals surface area (Å²) in [6.07, 6.45) is 0. The summed E-state index contributed by atoms with van der Waals surface area (Å²) in [5.41, 5.74) is 8.39. The predicted molar refractivity (Wildman–Crippen MR) is 72.2 cm³/mol. The fraction of sp³-hybridized carbons (Fsp3) is 0.231. The van der Waals surface area contributed by atoms with E-state index in [1.165, 1.54) is 0 Å². The Morgan fingerprint density at radius 2 is 2.06 bits per heavy atom. The molecule has 1 aromatic heterocycles. The zero-order chi connectivity index (χ0) is 13.3. The Morgan fingerprint density at radius 1 is 1.33 bits per heavy atom. The van der Waals surface area contributed by atoms with Gasteiger partial charge in [0, 0.05) is 23.3 Å². The van der Waals surface area contributed by atoms with E-state index in [4.69, 9.17) is 17.3 Å². The standard InChI is InChI=1S/C13H14ClN3O/c1-8-5-10(14)3-4-12(8)17-9(2)6-13(18)11(7-15)16-17/h3-6H,7,15H2,1-2H3. The highest BCUT2D eigenvalue weighted by Crippen LogP contribution is 2.19. The highest BCUT2D eigenvalue weighted by atomic mass is 35.5. The normalized spacial score (nSPS) is 10.7. The van der Waals surface area contributed by atoms with Crippen molar-refractivity contribution in [1.82, 2.24) is 9.78 Å². The lowest BCUT2D eigenvalue weighted by Crippen LogP contribution is -2.21. The number of benzene rings is 1. The maximum atomic E-state index is 11.6. The molecule has 0 atom stereocenters.